The highest BCUT2D eigenvalue weighted by atomic mass is 32.1. The third kappa shape index (κ3) is 9.86. The lowest BCUT2D eigenvalue weighted by molar-refractivity contribution is -0.144. The summed E-state index contributed by atoms with van der Waals surface area (Å²) in [5.41, 5.74) is 0. The van der Waals surface area contributed by atoms with Crippen LogP contribution >= 0.6 is 12.6 Å². The molecule has 84 valence electrons. The number of carbonyl (C=O) groups excluding carboxylic acids is 1. The van der Waals surface area contributed by atoms with E-state index in [9.17, 15) is 4.79 Å². The van der Waals surface area contributed by atoms with Crippen molar-refractivity contribution in [1.82, 2.24) is 0 Å². The molecule has 0 atom stereocenters. The van der Waals surface area contributed by atoms with Crippen molar-refractivity contribution in [2.24, 2.45) is 0 Å². The van der Waals surface area contributed by atoms with Crippen molar-refractivity contribution in [3.63, 3.8) is 0 Å². The molecule has 0 unspecified atom stereocenters. The number of hydrogen-bond donors (Lipinski definition) is 1. The highest BCUT2D eigenvalue weighted by Gasteiger charge is 2.01. The molecule has 0 N–H and O–H groups in total. The number of rotatable bonds is 9. The van der Waals surface area contributed by atoms with Crippen molar-refractivity contribution in [3.05, 3.63) is 0 Å². The second kappa shape index (κ2) is 10.9. The maximum atomic E-state index is 11.1. The summed E-state index contributed by atoms with van der Waals surface area (Å²) in [4.78, 5) is 11.1. The van der Waals surface area contributed by atoms with Crippen molar-refractivity contribution in [3.8, 4) is 0 Å². The summed E-state index contributed by atoms with van der Waals surface area (Å²) in [5, 5.41) is 0. The summed E-state index contributed by atoms with van der Waals surface area (Å²) in [6.07, 6.45) is 4.33. The Morgan fingerprint density at radius 2 is 1.93 bits per heavy atom. The molecule has 0 bridgehead atoms. The molecule has 0 aromatic heterocycles. The first-order chi connectivity index (χ1) is 6.81. The van der Waals surface area contributed by atoms with E-state index in [1.54, 1.807) is 7.11 Å². The predicted molar refractivity (Wildman–Crippen MR) is 59.8 cm³/mol. The molecule has 3 nitrogen and oxygen atoms in total. The van der Waals surface area contributed by atoms with Crippen LogP contribution in [0.5, 0.6) is 0 Å². The minimum atomic E-state index is -0.0970. The quantitative estimate of drug-likeness (QED) is 0.367. The number of carbonyl (C=O) groups is 1. The summed E-state index contributed by atoms with van der Waals surface area (Å²) in [6, 6.07) is 0. The van der Waals surface area contributed by atoms with Crippen LogP contribution in [0.1, 0.15) is 32.1 Å². The normalized spacial score (nSPS) is 10.1. The molecule has 0 saturated carbocycles. The van der Waals surface area contributed by atoms with Gasteiger partial charge in [0, 0.05) is 26.6 Å². The van der Waals surface area contributed by atoms with Crippen molar-refractivity contribution in [2.75, 3.05) is 26.1 Å². The van der Waals surface area contributed by atoms with Gasteiger partial charge in [-0.2, -0.15) is 12.6 Å². The van der Waals surface area contributed by atoms with Crippen LogP contribution in [0.4, 0.5) is 0 Å². The van der Waals surface area contributed by atoms with Crippen LogP contribution in [0.2, 0.25) is 0 Å². The van der Waals surface area contributed by atoms with Crippen LogP contribution in [-0.4, -0.2) is 32.0 Å². The van der Waals surface area contributed by atoms with Gasteiger partial charge in [-0.15, -0.1) is 0 Å². The lowest BCUT2D eigenvalue weighted by Gasteiger charge is -2.03. The third-order valence-electron chi connectivity index (χ3n) is 1.79. The van der Waals surface area contributed by atoms with Crippen molar-refractivity contribution < 1.29 is 14.3 Å². The van der Waals surface area contributed by atoms with Gasteiger partial charge in [-0.25, -0.2) is 0 Å². The molecule has 0 radical (unpaired) electrons. The van der Waals surface area contributed by atoms with Crippen LogP contribution < -0.4 is 0 Å². The van der Waals surface area contributed by atoms with Crippen LogP contribution in [0.3, 0.4) is 0 Å². The Morgan fingerprint density at radius 1 is 1.14 bits per heavy atom. The summed E-state index contributed by atoms with van der Waals surface area (Å²) >= 11 is 4.09. The molecule has 0 saturated heterocycles. The fourth-order valence-corrected chi connectivity index (χ4v) is 1.24. The monoisotopic (exact) mass is 220 g/mol. The van der Waals surface area contributed by atoms with Gasteiger partial charge in [0.05, 0.1) is 6.61 Å². The minimum Gasteiger partial charge on any atom is -0.466 e. The maximum absolute atomic E-state index is 11.1. The predicted octanol–water partition coefficient (Wildman–Crippen LogP) is 2.06. The van der Waals surface area contributed by atoms with Gasteiger partial charge in [0.15, 0.2) is 0 Å². The van der Waals surface area contributed by atoms with Gasteiger partial charge < -0.3 is 9.47 Å². The van der Waals surface area contributed by atoms with E-state index in [1.807, 2.05) is 0 Å². The molecule has 0 aromatic carbocycles. The van der Waals surface area contributed by atoms with Gasteiger partial charge in [0.2, 0.25) is 0 Å². The van der Waals surface area contributed by atoms with E-state index in [1.165, 1.54) is 0 Å². The Balaban J connectivity index is 3.11. The van der Waals surface area contributed by atoms with Crippen molar-refractivity contribution in [2.45, 2.75) is 32.1 Å². The first-order valence-corrected chi connectivity index (χ1v) is 5.70. The molecular weight excluding hydrogens is 200 g/mol. The van der Waals surface area contributed by atoms with Gasteiger partial charge in [-0.3, -0.25) is 4.79 Å². The zero-order valence-electron chi connectivity index (χ0n) is 8.83. The Hall–Kier alpha value is -0.220. The van der Waals surface area contributed by atoms with Gasteiger partial charge in [-0.05, 0) is 18.6 Å². The summed E-state index contributed by atoms with van der Waals surface area (Å²) in [5.74, 6) is 0.795. The number of unbranched alkanes of at least 4 members (excludes halogenated alkanes) is 2. The van der Waals surface area contributed by atoms with E-state index in [0.717, 1.165) is 31.4 Å². The summed E-state index contributed by atoms with van der Waals surface area (Å²) in [6.45, 7) is 1.12. The van der Waals surface area contributed by atoms with Crippen LogP contribution in [0, 0.1) is 0 Å². The average Bonchev–Trinajstić information content (AvgIpc) is 2.19. The lowest BCUT2D eigenvalue weighted by atomic mass is 10.2. The van der Waals surface area contributed by atoms with E-state index in [0.29, 0.717) is 19.6 Å². The molecule has 4 heteroatoms. The van der Waals surface area contributed by atoms with Crippen LogP contribution in [-0.2, 0) is 14.3 Å². The second-order valence-electron chi connectivity index (χ2n) is 3.10. The van der Waals surface area contributed by atoms with Gasteiger partial charge in [0.1, 0.15) is 0 Å². The average molecular weight is 220 g/mol. The van der Waals surface area contributed by atoms with Gasteiger partial charge >= 0.3 is 5.97 Å². The molecule has 0 aliphatic carbocycles. The van der Waals surface area contributed by atoms with Gasteiger partial charge in [-0.1, -0.05) is 6.42 Å². The fraction of sp³-hybridized carbons (Fsp3) is 0.900. The SMILES string of the molecule is COCCCOC(=O)CCCCCS. The maximum Gasteiger partial charge on any atom is 0.305 e. The Kier molecular flexibility index (Phi) is 10.7. The second-order valence-corrected chi connectivity index (χ2v) is 3.55. The Labute approximate surface area is 91.6 Å². The Bertz CT molecular complexity index is 125. The van der Waals surface area contributed by atoms with E-state index in [2.05, 4.69) is 12.6 Å². The molecular formula is C10H20O3S. The summed E-state index contributed by atoms with van der Waals surface area (Å²) in [7, 11) is 1.64. The zero-order valence-corrected chi connectivity index (χ0v) is 9.72. The topological polar surface area (TPSA) is 35.5 Å². The number of methoxy groups -OCH3 is 1. The molecule has 0 heterocycles. The van der Waals surface area contributed by atoms with Crippen LogP contribution in [0.15, 0.2) is 0 Å². The van der Waals surface area contributed by atoms with Crippen LogP contribution in [0.25, 0.3) is 0 Å². The van der Waals surface area contributed by atoms with Crippen molar-refractivity contribution >= 4 is 18.6 Å². The largest absolute Gasteiger partial charge is 0.466 e. The van der Waals surface area contributed by atoms with Crippen molar-refractivity contribution in [1.29, 1.82) is 0 Å². The number of esters is 1. The molecule has 0 aliphatic rings. The van der Waals surface area contributed by atoms with E-state index in [-0.39, 0.29) is 5.97 Å². The highest BCUT2D eigenvalue weighted by molar-refractivity contribution is 7.80. The molecule has 14 heavy (non-hydrogen) atoms. The molecule has 0 aromatic rings. The smallest absolute Gasteiger partial charge is 0.305 e. The first kappa shape index (κ1) is 13.8. The third-order valence-corrected chi connectivity index (χ3v) is 2.11. The van der Waals surface area contributed by atoms with Gasteiger partial charge in [0.25, 0.3) is 0 Å². The number of ether oxygens (including phenoxy) is 2. The fourth-order valence-electron chi connectivity index (χ4n) is 1.02. The molecule has 0 spiro atoms. The minimum absolute atomic E-state index is 0.0970. The number of thiol groups is 1. The standard InChI is InChI=1S/C10H20O3S/c1-12-7-5-8-13-10(11)6-3-2-4-9-14/h14H,2-9H2,1H3. The number of hydrogen-bond acceptors (Lipinski definition) is 4. The lowest BCUT2D eigenvalue weighted by Crippen LogP contribution is -2.07. The first-order valence-electron chi connectivity index (χ1n) is 5.06. The van der Waals surface area contributed by atoms with E-state index >= 15 is 0 Å². The highest BCUT2D eigenvalue weighted by Crippen LogP contribution is 2.02. The molecule has 0 rings (SSSR count). The van der Waals surface area contributed by atoms with E-state index < -0.39 is 0 Å². The zero-order chi connectivity index (χ0) is 10.6. The van der Waals surface area contributed by atoms with E-state index in [4.69, 9.17) is 9.47 Å². The molecule has 0 amide bonds. The Morgan fingerprint density at radius 3 is 2.57 bits per heavy atom. The molecule has 0 aliphatic heterocycles. The molecule has 0 fully saturated rings. The summed E-state index contributed by atoms with van der Waals surface area (Å²) < 4.78 is 9.82.